The van der Waals surface area contributed by atoms with Crippen LogP contribution in [0.1, 0.15) is 52.5 Å². The van der Waals surface area contributed by atoms with Gasteiger partial charge in [-0.3, -0.25) is 0 Å². The summed E-state index contributed by atoms with van der Waals surface area (Å²) in [4.78, 5) is 7.13. The summed E-state index contributed by atoms with van der Waals surface area (Å²) in [6, 6.07) is 4.26. The summed E-state index contributed by atoms with van der Waals surface area (Å²) in [6.45, 7) is 13.6. The van der Waals surface area contributed by atoms with Gasteiger partial charge in [-0.2, -0.15) is 0 Å². The Kier molecular flexibility index (Phi) is 5.63. The standard InChI is InChI=1S/C18H31N3/c1-5-10-19-14-15-7-6-11-20-17(15)21-12-8-16(9-13-21)18(2,3)4/h6-7,11,16,19H,5,8-10,12-14H2,1-4H3. The average molecular weight is 289 g/mol. The van der Waals surface area contributed by atoms with Gasteiger partial charge in [0, 0.05) is 31.4 Å². The molecule has 0 saturated carbocycles. The first kappa shape index (κ1) is 16.3. The average Bonchev–Trinajstić information content (AvgIpc) is 2.47. The molecule has 118 valence electrons. The van der Waals surface area contributed by atoms with Crippen LogP contribution in [-0.2, 0) is 6.54 Å². The van der Waals surface area contributed by atoms with Gasteiger partial charge in [-0.05, 0) is 43.2 Å². The molecule has 1 aliphatic rings. The molecule has 0 atom stereocenters. The minimum absolute atomic E-state index is 0.432. The van der Waals surface area contributed by atoms with Gasteiger partial charge in [0.05, 0.1) is 0 Å². The zero-order valence-electron chi connectivity index (χ0n) is 14.2. The molecule has 0 amide bonds. The van der Waals surface area contributed by atoms with Crippen molar-refractivity contribution in [2.45, 2.75) is 53.5 Å². The van der Waals surface area contributed by atoms with E-state index in [0.29, 0.717) is 5.41 Å². The van der Waals surface area contributed by atoms with E-state index in [4.69, 9.17) is 0 Å². The van der Waals surface area contributed by atoms with Crippen LogP contribution in [0.4, 0.5) is 5.82 Å². The van der Waals surface area contributed by atoms with Crippen LogP contribution in [0.15, 0.2) is 18.3 Å². The Morgan fingerprint density at radius 2 is 2.00 bits per heavy atom. The molecule has 1 aromatic heterocycles. The van der Waals surface area contributed by atoms with Crippen molar-refractivity contribution in [3.8, 4) is 0 Å². The number of nitrogens with zero attached hydrogens (tertiary/aromatic N) is 2. The zero-order valence-corrected chi connectivity index (χ0v) is 14.2. The van der Waals surface area contributed by atoms with Crippen molar-refractivity contribution in [1.82, 2.24) is 10.3 Å². The highest BCUT2D eigenvalue weighted by Crippen LogP contribution is 2.35. The highest BCUT2D eigenvalue weighted by atomic mass is 15.2. The molecule has 0 unspecified atom stereocenters. The molecule has 2 heterocycles. The number of hydrogen-bond donors (Lipinski definition) is 1. The Balaban J connectivity index is 1.99. The Bertz CT molecular complexity index is 428. The van der Waals surface area contributed by atoms with Gasteiger partial charge in [0.1, 0.15) is 5.82 Å². The summed E-state index contributed by atoms with van der Waals surface area (Å²) in [5, 5.41) is 3.50. The Hall–Kier alpha value is -1.09. The van der Waals surface area contributed by atoms with Crippen molar-refractivity contribution in [3.05, 3.63) is 23.9 Å². The van der Waals surface area contributed by atoms with E-state index in [0.717, 1.165) is 32.1 Å². The lowest BCUT2D eigenvalue weighted by molar-refractivity contribution is 0.198. The maximum absolute atomic E-state index is 4.65. The highest BCUT2D eigenvalue weighted by Gasteiger charge is 2.29. The second-order valence-corrected chi connectivity index (χ2v) is 7.29. The quantitative estimate of drug-likeness (QED) is 0.835. The topological polar surface area (TPSA) is 28.2 Å². The number of hydrogen-bond acceptors (Lipinski definition) is 3. The summed E-state index contributed by atoms with van der Waals surface area (Å²) < 4.78 is 0. The fourth-order valence-corrected chi connectivity index (χ4v) is 3.21. The van der Waals surface area contributed by atoms with Crippen LogP contribution >= 0.6 is 0 Å². The minimum atomic E-state index is 0.432. The van der Waals surface area contributed by atoms with Gasteiger partial charge in [0.2, 0.25) is 0 Å². The second-order valence-electron chi connectivity index (χ2n) is 7.29. The number of rotatable bonds is 5. The molecular weight excluding hydrogens is 258 g/mol. The monoisotopic (exact) mass is 289 g/mol. The second kappa shape index (κ2) is 7.26. The molecule has 1 N–H and O–H groups in total. The fourth-order valence-electron chi connectivity index (χ4n) is 3.21. The Morgan fingerprint density at radius 1 is 1.29 bits per heavy atom. The fraction of sp³-hybridized carbons (Fsp3) is 0.722. The van der Waals surface area contributed by atoms with Gasteiger partial charge >= 0.3 is 0 Å². The van der Waals surface area contributed by atoms with Gasteiger partial charge in [-0.1, -0.05) is 33.8 Å². The number of pyridine rings is 1. The molecule has 3 nitrogen and oxygen atoms in total. The van der Waals surface area contributed by atoms with Crippen molar-refractivity contribution in [2.75, 3.05) is 24.5 Å². The van der Waals surface area contributed by atoms with E-state index in [-0.39, 0.29) is 0 Å². The Labute approximate surface area is 130 Å². The lowest BCUT2D eigenvalue weighted by atomic mass is 9.75. The lowest BCUT2D eigenvalue weighted by Crippen LogP contribution is -2.39. The van der Waals surface area contributed by atoms with E-state index >= 15 is 0 Å². The predicted octanol–water partition coefficient (Wildman–Crippen LogP) is 3.84. The smallest absolute Gasteiger partial charge is 0.133 e. The normalized spacial score (nSPS) is 17.2. The van der Waals surface area contributed by atoms with E-state index in [1.54, 1.807) is 0 Å². The molecule has 21 heavy (non-hydrogen) atoms. The summed E-state index contributed by atoms with van der Waals surface area (Å²) >= 11 is 0. The van der Waals surface area contributed by atoms with Crippen LogP contribution in [0.2, 0.25) is 0 Å². The van der Waals surface area contributed by atoms with Crippen molar-refractivity contribution in [2.24, 2.45) is 11.3 Å². The minimum Gasteiger partial charge on any atom is -0.356 e. The SMILES string of the molecule is CCCNCc1cccnc1N1CCC(C(C)(C)C)CC1. The molecule has 0 aliphatic carbocycles. The largest absolute Gasteiger partial charge is 0.356 e. The van der Waals surface area contributed by atoms with Crippen LogP contribution in [0.25, 0.3) is 0 Å². The van der Waals surface area contributed by atoms with Gasteiger partial charge in [0.25, 0.3) is 0 Å². The van der Waals surface area contributed by atoms with Crippen LogP contribution in [0.5, 0.6) is 0 Å². The maximum Gasteiger partial charge on any atom is 0.133 e. The highest BCUT2D eigenvalue weighted by molar-refractivity contribution is 5.47. The number of anilines is 1. The van der Waals surface area contributed by atoms with Gasteiger partial charge in [-0.15, -0.1) is 0 Å². The summed E-state index contributed by atoms with van der Waals surface area (Å²) in [7, 11) is 0. The van der Waals surface area contributed by atoms with Crippen LogP contribution in [-0.4, -0.2) is 24.6 Å². The van der Waals surface area contributed by atoms with Crippen molar-refractivity contribution < 1.29 is 0 Å². The predicted molar refractivity (Wildman–Crippen MR) is 90.6 cm³/mol. The van der Waals surface area contributed by atoms with Crippen LogP contribution in [0, 0.1) is 11.3 Å². The first-order chi connectivity index (χ1) is 10.0. The third-order valence-electron chi connectivity index (χ3n) is 4.63. The van der Waals surface area contributed by atoms with Gasteiger partial charge < -0.3 is 10.2 Å². The molecule has 0 spiro atoms. The molecule has 1 fully saturated rings. The molecular formula is C18H31N3. The van der Waals surface area contributed by atoms with E-state index in [9.17, 15) is 0 Å². The van der Waals surface area contributed by atoms with Crippen LogP contribution < -0.4 is 10.2 Å². The van der Waals surface area contributed by atoms with Crippen molar-refractivity contribution in [1.29, 1.82) is 0 Å². The Morgan fingerprint density at radius 3 is 2.62 bits per heavy atom. The molecule has 1 aliphatic heterocycles. The number of aromatic nitrogens is 1. The first-order valence-electron chi connectivity index (χ1n) is 8.42. The van der Waals surface area contributed by atoms with Gasteiger partial charge in [-0.25, -0.2) is 4.98 Å². The summed E-state index contributed by atoms with van der Waals surface area (Å²) in [6.07, 6.45) is 5.66. The van der Waals surface area contributed by atoms with E-state index in [1.165, 1.54) is 30.6 Å². The lowest BCUT2D eigenvalue weighted by Gasteiger charge is -2.39. The van der Waals surface area contributed by atoms with Gasteiger partial charge in [0.15, 0.2) is 0 Å². The first-order valence-corrected chi connectivity index (χ1v) is 8.42. The number of nitrogens with one attached hydrogen (secondary N) is 1. The van der Waals surface area contributed by atoms with Crippen molar-refractivity contribution >= 4 is 5.82 Å². The number of piperidine rings is 1. The molecule has 1 aromatic rings. The molecule has 0 aromatic carbocycles. The third-order valence-corrected chi connectivity index (χ3v) is 4.63. The molecule has 2 rings (SSSR count). The van der Waals surface area contributed by atoms with E-state index < -0.39 is 0 Å². The van der Waals surface area contributed by atoms with E-state index in [2.05, 4.69) is 49.0 Å². The molecule has 0 radical (unpaired) electrons. The maximum atomic E-state index is 4.65. The summed E-state index contributed by atoms with van der Waals surface area (Å²) in [5.74, 6) is 2.02. The third kappa shape index (κ3) is 4.44. The molecule has 1 saturated heterocycles. The van der Waals surface area contributed by atoms with Crippen LogP contribution in [0.3, 0.4) is 0 Å². The summed E-state index contributed by atoms with van der Waals surface area (Å²) in [5.41, 5.74) is 1.77. The molecule has 3 heteroatoms. The molecule has 0 bridgehead atoms. The van der Waals surface area contributed by atoms with E-state index in [1.807, 2.05) is 12.3 Å². The zero-order chi connectivity index (χ0) is 15.3. The van der Waals surface area contributed by atoms with Crippen molar-refractivity contribution in [3.63, 3.8) is 0 Å².